The molecule has 1 heterocycles. The molecule has 9 heteroatoms. The van der Waals surface area contributed by atoms with Gasteiger partial charge in [0.2, 0.25) is 5.91 Å². The van der Waals surface area contributed by atoms with E-state index in [1.165, 1.54) is 29.2 Å². The van der Waals surface area contributed by atoms with E-state index in [-0.39, 0.29) is 29.5 Å². The minimum Gasteiger partial charge on any atom is -0.434 e. The minimum atomic E-state index is -3.01. The number of carbonyl (C=O) groups is 1. The maximum Gasteiger partial charge on any atom is 0.387 e. The fraction of sp³-hybridized carbons (Fsp3) is 0.235. The van der Waals surface area contributed by atoms with Gasteiger partial charge >= 0.3 is 6.61 Å². The third kappa shape index (κ3) is 3.52. The Balaban J connectivity index is 2.10. The third-order valence-electron chi connectivity index (χ3n) is 4.10. The Morgan fingerprint density at radius 1 is 1.27 bits per heavy atom. The summed E-state index contributed by atoms with van der Waals surface area (Å²) in [5.41, 5.74) is 0.261. The Morgan fingerprint density at radius 2 is 2.00 bits per heavy atom. The Hall–Kier alpha value is -2.55. The Kier molecular flexibility index (Phi) is 5.17. The van der Waals surface area contributed by atoms with Crippen molar-refractivity contribution in [2.24, 2.45) is 0 Å². The van der Waals surface area contributed by atoms with Gasteiger partial charge in [-0.3, -0.25) is 19.8 Å². The van der Waals surface area contributed by atoms with E-state index in [9.17, 15) is 23.7 Å². The molecule has 1 atom stereocenters. The third-order valence-corrected chi connectivity index (χ3v) is 4.59. The number of ether oxygens (including phenoxy) is 1. The molecule has 3 rings (SSSR count). The van der Waals surface area contributed by atoms with Crippen molar-refractivity contribution in [2.75, 3.05) is 4.90 Å². The second-order valence-corrected chi connectivity index (χ2v) is 6.54. The molecule has 0 N–H and O–H groups in total. The lowest BCUT2D eigenvalue weighted by atomic mass is 10.0. The van der Waals surface area contributed by atoms with Gasteiger partial charge in [-0.2, -0.15) is 8.78 Å². The number of halogens is 3. The van der Waals surface area contributed by atoms with Gasteiger partial charge in [0.15, 0.2) is 0 Å². The first-order valence-corrected chi connectivity index (χ1v) is 8.47. The largest absolute Gasteiger partial charge is 0.434 e. The van der Waals surface area contributed by atoms with E-state index in [1.807, 2.05) is 0 Å². The summed E-state index contributed by atoms with van der Waals surface area (Å²) in [6, 6.07) is 9.80. The second kappa shape index (κ2) is 7.36. The molecule has 136 valence electrons. The van der Waals surface area contributed by atoms with E-state index >= 15 is 0 Å². The van der Waals surface area contributed by atoms with Crippen molar-refractivity contribution in [3.05, 3.63) is 62.6 Å². The highest BCUT2D eigenvalue weighted by atomic mass is 79.9. The van der Waals surface area contributed by atoms with Crippen molar-refractivity contribution in [1.82, 2.24) is 0 Å². The van der Waals surface area contributed by atoms with Gasteiger partial charge in [-0.25, -0.2) is 0 Å². The number of nitro benzene ring substituents is 1. The van der Waals surface area contributed by atoms with Crippen LogP contribution in [0, 0.1) is 10.1 Å². The number of hydrogen-bond acceptors (Lipinski definition) is 4. The van der Waals surface area contributed by atoms with E-state index in [2.05, 4.69) is 20.7 Å². The number of benzene rings is 2. The number of carbonyl (C=O) groups excluding carboxylic acids is 1. The number of para-hydroxylation sites is 1. The average Bonchev–Trinajstić information content (AvgIpc) is 2.95. The summed E-state index contributed by atoms with van der Waals surface area (Å²) in [5, 5.41) is 11.4. The molecule has 0 unspecified atom stereocenters. The van der Waals surface area contributed by atoms with E-state index in [4.69, 9.17) is 0 Å². The zero-order chi connectivity index (χ0) is 18.8. The Labute approximate surface area is 155 Å². The van der Waals surface area contributed by atoms with Crippen LogP contribution < -0.4 is 9.64 Å². The fourth-order valence-electron chi connectivity index (χ4n) is 3.08. The van der Waals surface area contributed by atoms with Gasteiger partial charge in [-0.05, 0) is 24.6 Å². The Bertz CT molecular complexity index is 862. The lowest BCUT2D eigenvalue weighted by Gasteiger charge is -2.26. The predicted octanol–water partition coefficient (Wildman–Crippen LogP) is 4.83. The summed E-state index contributed by atoms with van der Waals surface area (Å²) >= 11 is 3.25. The summed E-state index contributed by atoms with van der Waals surface area (Å²) in [6.07, 6.45) is 0.490. The van der Waals surface area contributed by atoms with Gasteiger partial charge in [0.25, 0.3) is 5.69 Å². The number of amides is 1. The van der Waals surface area contributed by atoms with Gasteiger partial charge in [-0.15, -0.1) is 0 Å². The standard InChI is InChI=1S/C17H13BrF2N2O4/c18-10-5-6-13(22(24)25)14(9-10)21-12(7-8-16(21)23)11-3-1-2-4-15(11)26-17(19)20/h1-6,9,12,17H,7-8H2/t12-/m0/s1. The first-order valence-electron chi connectivity index (χ1n) is 7.68. The molecule has 26 heavy (non-hydrogen) atoms. The van der Waals surface area contributed by atoms with Gasteiger partial charge in [0.05, 0.1) is 11.0 Å². The van der Waals surface area contributed by atoms with Crippen LogP contribution in [0.5, 0.6) is 5.75 Å². The molecule has 0 bridgehead atoms. The van der Waals surface area contributed by atoms with Crippen LogP contribution in [-0.2, 0) is 4.79 Å². The summed E-state index contributed by atoms with van der Waals surface area (Å²) in [7, 11) is 0. The monoisotopic (exact) mass is 426 g/mol. The van der Waals surface area contributed by atoms with E-state index in [0.717, 1.165) is 0 Å². The highest BCUT2D eigenvalue weighted by molar-refractivity contribution is 9.10. The van der Waals surface area contributed by atoms with Gasteiger partial charge < -0.3 is 4.74 Å². The maximum absolute atomic E-state index is 12.7. The van der Waals surface area contributed by atoms with Crippen LogP contribution in [-0.4, -0.2) is 17.4 Å². The highest BCUT2D eigenvalue weighted by Crippen LogP contribution is 2.44. The van der Waals surface area contributed by atoms with Crippen LogP contribution in [0.3, 0.4) is 0 Å². The fourth-order valence-corrected chi connectivity index (χ4v) is 3.43. The number of nitro groups is 1. The molecule has 1 fully saturated rings. The van der Waals surface area contributed by atoms with Crippen molar-refractivity contribution < 1.29 is 23.2 Å². The second-order valence-electron chi connectivity index (χ2n) is 5.62. The molecule has 1 saturated heterocycles. The molecule has 2 aromatic carbocycles. The van der Waals surface area contributed by atoms with Crippen LogP contribution in [0.2, 0.25) is 0 Å². The molecule has 1 aliphatic rings. The van der Waals surface area contributed by atoms with Crippen LogP contribution in [0.15, 0.2) is 46.9 Å². The summed E-state index contributed by atoms with van der Waals surface area (Å²) in [6.45, 7) is -3.01. The molecule has 0 saturated carbocycles. The normalized spacial score (nSPS) is 17.0. The lowest BCUT2D eigenvalue weighted by Crippen LogP contribution is -2.28. The van der Waals surface area contributed by atoms with Gasteiger partial charge in [0, 0.05) is 22.5 Å². The first-order chi connectivity index (χ1) is 12.4. The topological polar surface area (TPSA) is 72.7 Å². The van der Waals surface area contributed by atoms with Crippen LogP contribution in [0.25, 0.3) is 0 Å². The zero-order valence-electron chi connectivity index (χ0n) is 13.3. The van der Waals surface area contributed by atoms with E-state index in [0.29, 0.717) is 16.5 Å². The summed E-state index contributed by atoms with van der Waals surface area (Å²) in [4.78, 5) is 24.6. The predicted molar refractivity (Wildman–Crippen MR) is 93.3 cm³/mol. The van der Waals surface area contributed by atoms with Gasteiger partial charge in [0.1, 0.15) is 11.4 Å². The molecule has 2 aromatic rings. The van der Waals surface area contributed by atoms with E-state index in [1.54, 1.807) is 18.2 Å². The average molecular weight is 427 g/mol. The smallest absolute Gasteiger partial charge is 0.387 e. The maximum atomic E-state index is 12.7. The lowest BCUT2D eigenvalue weighted by molar-refractivity contribution is -0.384. The summed E-state index contributed by atoms with van der Waals surface area (Å²) in [5.74, 6) is -0.368. The highest BCUT2D eigenvalue weighted by Gasteiger charge is 2.38. The van der Waals surface area contributed by atoms with Crippen molar-refractivity contribution in [3.8, 4) is 5.75 Å². The first kappa shape index (κ1) is 18.2. The van der Waals surface area contributed by atoms with Crippen molar-refractivity contribution in [2.45, 2.75) is 25.5 Å². The Morgan fingerprint density at radius 3 is 2.69 bits per heavy atom. The summed E-state index contributed by atoms with van der Waals surface area (Å²) < 4.78 is 30.5. The van der Waals surface area contributed by atoms with Gasteiger partial charge in [-0.1, -0.05) is 34.1 Å². The molecular formula is C17H13BrF2N2O4. The molecule has 0 radical (unpaired) electrons. The number of rotatable bonds is 5. The number of anilines is 1. The molecule has 1 amide bonds. The van der Waals surface area contributed by atoms with Crippen molar-refractivity contribution in [1.29, 1.82) is 0 Å². The number of nitrogens with zero attached hydrogens (tertiary/aromatic N) is 2. The molecular weight excluding hydrogens is 414 g/mol. The number of alkyl halides is 2. The molecule has 6 nitrogen and oxygen atoms in total. The van der Waals surface area contributed by atoms with Crippen LogP contribution in [0.1, 0.15) is 24.4 Å². The van der Waals surface area contributed by atoms with Crippen molar-refractivity contribution in [3.63, 3.8) is 0 Å². The minimum absolute atomic E-state index is 0.0511. The molecule has 0 aliphatic carbocycles. The van der Waals surface area contributed by atoms with Crippen LogP contribution >= 0.6 is 15.9 Å². The zero-order valence-corrected chi connectivity index (χ0v) is 14.9. The van der Waals surface area contributed by atoms with Crippen molar-refractivity contribution >= 4 is 33.2 Å². The quantitative estimate of drug-likeness (QED) is 0.507. The van der Waals surface area contributed by atoms with Crippen LogP contribution in [0.4, 0.5) is 20.2 Å². The SMILES string of the molecule is O=C1CC[C@@H](c2ccccc2OC(F)F)N1c1cc(Br)ccc1[N+](=O)[O-]. The molecule has 0 aromatic heterocycles. The van der Waals surface area contributed by atoms with E-state index < -0.39 is 17.6 Å². The number of hydrogen-bond donors (Lipinski definition) is 0. The molecule has 0 spiro atoms. The molecule has 1 aliphatic heterocycles.